The molecule has 1 saturated heterocycles. The molecule has 1 N–H and O–H groups in total. The van der Waals surface area contributed by atoms with Gasteiger partial charge in [-0.1, -0.05) is 11.6 Å². The largest absolute Gasteiger partial charge is 0.356 e. The van der Waals surface area contributed by atoms with E-state index in [1.165, 1.54) is 18.2 Å². The van der Waals surface area contributed by atoms with E-state index in [1.807, 2.05) is 6.20 Å². The van der Waals surface area contributed by atoms with Crippen LogP contribution in [0.3, 0.4) is 0 Å². The molecule has 0 saturated carbocycles. The summed E-state index contributed by atoms with van der Waals surface area (Å²) in [4.78, 5) is 10.4. The van der Waals surface area contributed by atoms with Crippen LogP contribution in [0.25, 0.3) is 11.0 Å². The second-order valence-electron chi connectivity index (χ2n) is 6.00. The molecule has 1 fully saturated rings. The number of hydrogen-bond donors (Lipinski definition) is 1. The highest BCUT2D eigenvalue weighted by atomic mass is 15.2. The van der Waals surface area contributed by atoms with Crippen molar-refractivity contribution in [1.29, 1.82) is 0 Å². The maximum Gasteiger partial charge on any atom is 0.139 e. The summed E-state index contributed by atoms with van der Waals surface area (Å²) in [6, 6.07) is 6.40. The molecule has 0 radical (unpaired) electrons. The Hall–Kier alpha value is -1.77. The van der Waals surface area contributed by atoms with Gasteiger partial charge in [0, 0.05) is 24.7 Å². The Bertz CT molecular complexity index is 640. The third-order valence-corrected chi connectivity index (χ3v) is 4.65. The van der Waals surface area contributed by atoms with Crippen molar-refractivity contribution >= 4 is 16.9 Å². The molecule has 1 aliphatic carbocycles. The Morgan fingerprint density at radius 2 is 2.11 bits per heavy atom. The fraction of sp³-hybridized carbons (Fsp3) is 0.438. The van der Waals surface area contributed by atoms with Gasteiger partial charge in [-0.2, -0.15) is 0 Å². The van der Waals surface area contributed by atoms with Crippen molar-refractivity contribution in [3.8, 4) is 0 Å². The number of aromatic amines is 1. The molecule has 4 rings (SSSR count). The Labute approximate surface area is 113 Å². The van der Waals surface area contributed by atoms with Crippen LogP contribution in [0.4, 0.5) is 5.82 Å². The fourth-order valence-electron chi connectivity index (χ4n) is 3.57. The molecule has 0 aromatic carbocycles. The van der Waals surface area contributed by atoms with E-state index in [9.17, 15) is 0 Å². The van der Waals surface area contributed by atoms with E-state index in [2.05, 4.69) is 41.1 Å². The molecule has 3 heterocycles. The Morgan fingerprint density at radius 3 is 3.05 bits per heavy atom. The summed E-state index contributed by atoms with van der Waals surface area (Å²) in [5.74, 6) is 2.78. The van der Waals surface area contributed by atoms with Crippen LogP contribution >= 0.6 is 0 Å². The Morgan fingerprint density at radius 1 is 1.21 bits per heavy atom. The van der Waals surface area contributed by atoms with Crippen molar-refractivity contribution < 1.29 is 0 Å². The second-order valence-corrected chi connectivity index (χ2v) is 6.00. The van der Waals surface area contributed by atoms with Crippen molar-refractivity contribution in [2.24, 2.45) is 11.8 Å². The van der Waals surface area contributed by atoms with E-state index < -0.39 is 0 Å². The first-order valence-corrected chi connectivity index (χ1v) is 7.14. The average molecular weight is 253 g/mol. The standard InChI is InChI=1S/C16H19N3/c1-11-2-3-13-9-19(10-14(13)8-11)15-5-4-12-6-7-17-16(12)18-15/h2,4-7,13-14H,3,8-10H2,1H3,(H,17,18)/t13-,14+/m1/s1. The lowest BCUT2D eigenvalue weighted by Gasteiger charge is -2.21. The van der Waals surface area contributed by atoms with Gasteiger partial charge in [0.2, 0.25) is 0 Å². The third-order valence-electron chi connectivity index (χ3n) is 4.65. The summed E-state index contributed by atoms with van der Waals surface area (Å²) in [5, 5.41) is 1.19. The zero-order valence-electron chi connectivity index (χ0n) is 11.3. The van der Waals surface area contributed by atoms with Crippen molar-refractivity contribution in [3.05, 3.63) is 36.0 Å². The van der Waals surface area contributed by atoms with Crippen molar-refractivity contribution in [3.63, 3.8) is 0 Å². The molecular weight excluding hydrogens is 234 g/mol. The van der Waals surface area contributed by atoms with Crippen LogP contribution in [0.15, 0.2) is 36.0 Å². The summed E-state index contributed by atoms with van der Waals surface area (Å²) < 4.78 is 0. The quantitative estimate of drug-likeness (QED) is 0.790. The molecule has 0 unspecified atom stereocenters. The number of fused-ring (bicyclic) bond motifs is 2. The molecule has 3 nitrogen and oxygen atoms in total. The highest BCUT2D eigenvalue weighted by molar-refractivity contribution is 5.77. The lowest BCUT2D eigenvalue weighted by atomic mass is 9.83. The van der Waals surface area contributed by atoms with Gasteiger partial charge in [-0.15, -0.1) is 0 Å². The van der Waals surface area contributed by atoms with Gasteiger partial charge in [0.05, 0.1) is 0 Å². The van der Waals surface area contributed by atoms with E-state index in [0.29, 0.717) is 0 Å². The minimum absolute atomic E-state index is 0.824. The zero-order chi connectivity index (χ0) is 12.8. The molecule has 98 valence electrons. The van der Waals surface area contributed by atoms with E-state index in [1.54, 1.807) is 5.57 Å². The molecule has 0 bridgehead atoms. The lowest BCUT2D eigenvalue weighted by Crippen LogP contribution is -2.20. The van der Waals surface area contributed by atoms with Gasteiger partial charge >= 0.3 is 0 Å². The third kappa shape index (κ3) is 1.84. The van der Waals surface area contributed by atoms with Gasteiger partial charge in [-0.05, 0) is 49.8 Å². The Balaban J connectivity index is 1.60. The summed E-state index contributed by atoms with van der Waals surface area (Å²) in [5.41, 5.74) is 2.57. The van der Waals surface area contributed by atoms with Crippen LogP contribution in [-0.2, 0) is 0 Å². The van der Waals surface area contributed by atoms with Crippen LogP contribution < -0.4 is 4.90 Å². The molecule has 19 heavy (non-hydrogen) atoms. The average Bonchev–Trinajstić information content (AvgIpc) is 3.02. The summed E-state index contributed by atoms with van der Waals surface area (Å²) in [7, 11) is 0. The molecular formula is C16H19N3. The Kier molecular flexibility index (Phi) is 2.40. The molecule has 2 aromatic heterocycles. The second kappa shape index (κ2) is 4.12. The predicted octanol–water partition coefficient (Wildman–Crippen LogP) is 3.36. The summed E-state index contributed by atoms with van der Waals surface area (Å²) >= 11 is 0. The lowest BCUT2D eigenvalue weighted by molar-refractivity contribution is 0.400. The zero-order valence-corrected chi connectivity index (χ0v) is 11.3. The van der Waals surface area contributed by atoms with Crippen LogP contribution in [-0.4, -0.2) is 23.1 Å². The number of allylic oxidation sites excluding steroid dienone is 2. The monoisotopic (exact) mass is 253 g/mol. The molecule has 0 amide bonds. The first-order valence-electron chi connectivity index (χ1n) is 7.14. The number of nitrogens with zero attached hydrogens (tertiary/aromatic N) is 2. The molecule has 2 atom stereocenters. The van der Waals surface area contributed by atoms with Crippen molar-refractivity contribution in [2.75, 3.05) is 18.0 Å². The number of aromatic nitrogens is 2. The maximum atomic E-state index is 4.75. The first-order chi connectivity index (χ1) is 9.29. The minimum Gasteiger partial charge on any atom is -0.356 e. The molecule has 2 aromatic rings. The number of rotatable bonds is 1. The minimum atomic E-state index is 0.824. The number of nitrogens with one attached hydrogen (secondary N) is 1. The molecule has 1 aliphatic heterocycles. The molecule has 0 spiro atoms. The maximum absolute atomic E-state index is 4.75. The highest BCUT2D eigenvalue weighted by Gasteiger charge is 2.34. The molecule has 3 heteroatoms. The number of anilines is 1. The predicted molar refractivity (Wildman–Crippen MR) is 78.3 cm³/mol. The van der Waals surface area contributed by atoms with Crippen LogP contribution in [0, 0.1) is 11.8 Å². The van der Waals surface area contributed by atoms with Gasteiger partial charge in [0.1, 0.15) is 11.5 Å². The van der Waals surface area contributed by atoms with Gasteiger partial charge in [0.15, 0.2) is 0 Å². The van der Waals surface area contributed by atoms with Gasteiger partial charge in [-0.25, -0.2) is 4.98 Å². The fourth-order valence-corrected chi connectivity index (χ4v) is 3.57. The smallest absolute Gasteiger partial charge is 0.139 e. The normalized spacial score (nSPS) is 26.6. The summed E-state index contributed by atoms with van der Waals surface area (Å²) in [6.07, 6.45) is 6.90. The van der Waals surface area contributed by atoms with Crippen molar-refractivity contribution in [1.82, 2.24) is 9.97 Å². The SMILES string of the molecule is CC1=CC[C@@H]2CN(c3ccc4cc[nH]c4n3)C[C@@H]2C1. The van der Waals surface area contributed by atoms with Gasteiger partial charge in [0.25, 0.3) is 0 Å². The van der Waals surface area contributed by atoms with E-state index in [4.69, 9.17) is 4.98 Å². The topological polar surface area (TPSA) is 31.9 Å². The van der Waals surface area contributed by atoms with Crippen LogP contribution in [0.1, 0.15) is 19.8 Å². The van der Waals surface area contributed by atoms with Gasteiger partial charge < -0.3 is 9.88 Å². The number of pyridine rings is 1. The van der Waals surface area contributed by atoms with Gasteiger partial charge in [-0.3, -0.25) is 0 Å². The van der Waals surface area contributed by atoms with E-state index in [-0.39, 0.29) is 0 Å². The first kappa shape index (κ1) is 11.1. The highest BCUT2D eigenvalue weighted by Crippen LogP contribution is 2.37. The van der Waals surface area contributed by atoms with Crippen molar-refractivity contribution in [2.45, 2.75) is 19.8 Å². The van der Waals surface area contributed by atoms with Crippen LogP contribution in [0.5, 0.6) is 0 Å². The van der Waals surface area contributed by atoms with Crippen LogP contribution in [0.2, 0.25) is 0 Å². The molecule has 2 aliphatic rings. The number of H-pyrrole nitrogens is 1. The van der Waals surface area contributed by atoms with E-state index >= 15 is 0 Å². The number of hydrogen-bond acceptors (Lipinski definition) is 2. The summed E-state index contributed by atoms with van der Waals surface area (Å²) in [6.45, 7) is 4.59. The van der Waals surface area contributed by atoms with E-state index in [0.717, 1.165) is 36.4 Å².